The Morgan fingerprint density at radius 1 is 0.966 bits per heavy atom. The lowest BCUT2D eigenvalue weighted by Gasteiger charge is -2.22. The monoisotopic (exact) mass is 422 g/mol. The minimum Gasteiger partial charge on any atom is -0.497 e. The number of benzene rings is 2. The maximum Gasteiger partial charge on any atom is 0.232 e. The van der Waals surface area contributed by atoms with E-state index in [1.807, 2.05) is 0 Å². The number of rotatable bonds is 10. The standard InChI is InChI=1S/C20H26N2O6S/c1-26-16-9-7-15(8-10-16)22(29(4,24)25)13-5-6-20(23)21-18-14-17(27-2)11-12-19(18)28-3/h7-12,14H,5-6,13H2,1-4H3,(H,21,23). The second kappa shape index (κ2) is 10.0. The van der Waals surface area contributed by atoms with Gasteiger partial charge in [-0.05, 0) is 42.8 Å². The zero-order valence-electron chi connectivity index (χ0n) is 17.0. The Morgan fingerprint density at radius 3 is 2.14 bits per heavy atom. The molecule has 9 heteroatoms. The first kappa shape index (κ1) is 22.4. The first-order valence-corrected chi connectivity index (χ1v) is 10.8. The predicted octanol–water partition coefficient (Wildman–Crippen LogP) is 2.90. The van der Waals surface area contributed by atoms with Crippen molar-refractivity contribution in [3.8, 4) is 17.2 Å². The minimum atomic E-state index is -3.49. The molecule has 0 saturated carbocycles. The van der Waals surface area contributed by atoms with Gasteiger partial charge in [0.2, 0.25) is 15.9 Å². The zero-order chi connectivity index (χ0) is 21.4. The van der Waals surface area contributed by atoms with E-state index in [1.165, 1.54) is 18.5 Å². The Labute approximate surface area is 171 Å². The minimum absolute atomic E-state index is 0.141. The fourth-order valence-corrected chi connectivity index (χ4v) is 3.71. The summed E-state index contributed by atoms with van der Waals surface area (Å²) in [6, 6.07) is 11.8. The third kappa shape index (κ3) is 6.28. The lowest BCUT2D eigenvalue weighted by atomic mass is 10.2. The molecular weight excluding hydrogens is 396 g/mol. The molecule has 0 heterocycles. The van der Waals surface area contributed by atoms with Crippen molar-refractivity contribution in [2.24, 2.45) is 0 Å². The van der Waals surface area contributed by atoms with Crippen molar-refractivity contribution in [2.75, 3.05) is 43.8 Å². The number of amides is 1. The van der Waals surface area contributed by atoms with Crippen LogP contribution in [0.3, 0.4) is 0 Å². The van der Waals surface area contributed by atoms with E-state index in [-0.39, 0.29) is 18.9 Å². The quantitative estimate of drug-likeness (QED) is 0.633. The summed E-state index contributed by atoms with van der Waals surface area (Å²) in [5.74, 6) is 1.48. The summed E-state index contributed by atoms with van der Waals surface area (Å²) in [5.41, 5.74) is 1.01. The molecule has 0 bridgehead atoms. The first-order valence-electron chi connectivity index (χ1n) is 8.92. The normalized spacial score (nSPS) is 10.9. The molecule has 0 aliphatic rings. The number of carbonyl (C=O) groups excluding carboxylic acids is 1. The van der Waals surface area contributed by atoms with E-state index in [0.717, 1.165) is 6.26 Å². The summed E-state index contributed by atoms with van der Waals surface area (Å²) in [5, 5.41) is 2.78. The highest BCUT2D eigenvalue weighted by atomic mass is 32.2. The molecule has 0 aromatic heterocycles. The van der Waals surface area contributed by atoms with Crippen molar-refractivity contribution in [3.63, 3.8) is 0 Å². The number of methoxy groups -OCH3 is 3. The van der Waals surface area contributed by atoms with Gasteiger partial charge in [0.1, 0.15) is 17.2 Å². The summed E-state index contributed by atoms with van der Waals surface area (Å²) in [6.07, 6.45) is 1.62. The molecule has 0 aliphatic carbocycles. The third-order valence-corrected chi connectivity index (χ3v) is 5.40. The van der Waals surface area contributed by atoms with Gasteiger partial charge in [0.05, 0.1) is 39.0 Å². The summed E-state index contributed by atoms with van der Waals surface area (Å²) in [7, 11) is 1.10. The lowest BCUT2D eigenvalue weighted by molar-refractivity contribution is -0.116. The van der Waals surface area contributed by atoms with E-state index >= 15 is 0 Å². The van der Waals surface area contributed by atoms with E-state index in [4.69, 9.17) is 14.2 Å². The Balaban J connectivity index is 2.01. The topological polar surface area (TPSA) is 94.2 Å². The maximum absolute atomic E-state index is 12.3. The molecule has 1 amide bonds. The zero-order valence-corrected chi connectivity index (χ0v) is 17.8. The van der Waals surface area contributed by atoms with Crippen LogP contribution in [0.15, 0.2) is 42.5 Å². The van der Waals surface area contributed by atoms with Crippen molar-refractivity contribution in [3.05, 3.63) is 42.5 Å². The fourth-order valence-electron chi connectivity index (χ4n) is 2.74. The number of ether oxygens (including phenoxy) is 3. The second-order valence-corrected chi connectivity index (χ2v) is 8.16. The van der Waals surface area contributed by atoms with Gasteiger partial charge in [0.15, 0.2) is 0 Å². The van der Waals surface area contributed by atoms with Crippen LogP contribution in [-0.4, -0.2) is 48.5 Å². The van der Waals surface area contributed by atoms with Gasteiger partial charge in [0, 0.05) is 19.0 Å². The Bertz CT molecular complexity index is 928. The average molecular weight is 423 g/mol. The van der Waals surface area contributed by atoms with Crippen LogP contribution < -0.4 is 23.8 Å². The van der Waals surface area contributed by atoms with Crippen LogP contribution in [0.4, 0.5) is 11.4 Å². The molecule has 158 valence electrons. The average Bonchev–Trinajstić information content (AvgIpc) is 2.70. The van der Waals surface area contributed by atoms with Crippen LogP contribution in [0.25, 0.3) is 0 Å². The highest BCUT2D eigenvalue weighted by Gasteiger charge is 2.18. The summed E-state index contributed by atoms with van der Waals surface area (Å²) in [4.78, 5) is 12.3. The Hall–Kier alpha value is -2.94. The van der Waals surface area contributed by atoms with Gasteiger partial charge >= 0.3 is 0 Å². The van der Waals surface area contributed by atoms with Crippen LogP contribution in [0.5, 0.6) is 17.2 Å². The summed E-state index contributed by atoms with van der Waals surface area (Å²) < 4.78 is 41.1. The predicted molar refractivity (Wildman–Crippen MR) is 113 cm³/mol. The molecule has 2 aromatic rings. The summed E-state index contributed by atoms with van der Waals surface area (Å²) in [6.45, 7) is 0.174. The highest BCUT2D eigenvalue weighted by molar-refractivity contribution is 7.92. The number of hydrogen-bond donors (Lipinski definition) is 1. The van der Waals surface area contributed by atoms with Gasteiger partial charge in [-0.3, -0.25) is 9.10 Å². The number of nitrogens with one attached hydrogen (secondary N) is 1. The van der Waals surface area contributed by atoms with E-state index in [0.29, 0.717) is 35.0 Å². The van der Waals surface area contributed by atoms with E-state index < -0.39 is 10.0 Å². The van der Waals surface area contributed by atoms with Gasteiger partial charge in [0.25, 0.3) is 0 Å². The first-order chi connectivity index (χ1) is 13.8. The molecule has 8 nitrogen and oxygen atoms in total. The van der Waals surface area contributed by atoms with E-state index in [9.17, 15) is 13.2 Å². The molecule has 29 heavy (non-hydrogen) atoms. The van der Waals surface area contributed by atoms with E-state index in [2.05, 4.69) is 5.32 Å². The van der Waals surface area contributed by atoms with Crippen LogP contribution in [0.2, 0.25) is 0 Å². The van der Waals surface area contributed by atoms with Crippen LogP contribution >= 0.6 is 0 Å². The largest absolute Gasteiger partial charge is 0.497 e. The van der Waals surface area contributed by atoms with Gasteiger partial charge in [-0.1, -0.05) is 0 Å². The molecule has 1 N–H and O–H groups in total. The van der Waals surface area contributed by atoms with Crippen molar-refractivity contribution >= 4 is 27.3 Å². The molecule has 0 atom stereocenters. The molecular formula is C20H26N2O6S. The van der Waals surface area contributed by atoms with Gasteiger partial charge < -0.3 is 19.5 Å². The highest BCUT2D eigenvalue weighted by Crippen LogP contribution is 2.29. The molecule has 0 fully saturated rings. The SMILES string of the molecule is COc1ccc(N(CCCC(=O)Nc2cc(OC)ccc2OC)S(C)(=O)=O)cc1. The molecule has 0 aliphatic heterocycles. The van der Waals surface area contributed by atoms with Crippen molar-refractivity contribution in [1.82, 2.24) is 0 Å². The second-order valence-electron chi connectivity index (χ2n) is 6.25. The smallest absolute Gasteiger partial charge is 0.232 e. The van der Waals surface area contributed by atoms with Crippen LogP contribution in [-0.2, 0) is 14.8 Å². The molecule has 0 spiro atoms. The molecule has 0 unspecified atom stereocenters. The van der Waals surface area contributed by atoms with Crippen molar-refractivity contribution in [2.45, 2.75) is 12.8 Å². The summed E-state index contributed by atoms with van der Waals surface area (Å²) >= 11 is 0. The molecule has 0 saturated heterocycles. The van der Waals surface area contributed by atoms with Crippen molar-refractivity contribution < 1.29 is 27.4 Å². The number of sulfonamides is 1. The van der Waals surface area contributed by atoms with Crippen LogP contribution in [0, 0.1) is 0 Å². The lowest BCUT2D eigenvalue weighted by Crippen LogP contribution is -2.31. The van der Waals surface area contributed by atoms with Gasteiger partial charge in [-0.25, -0.2) is 8.42 Å². The third-order valence-electron chi connectivity index (χ3n) is 4.21. The van der Waals surface area contributed by atoms with Crippen LogP contribution in [0.1, 0.15) is 12.8 Å². The van der Waals surface area contributed by atoms with Gasteiger partial charge in [-0.15, -0.1) is 0 Å². The fraction of sp³-hybridized carbons (Fsp3) is 0.350. The molecule has 2 rings (SSSR count). The van der Waals surface area contributed by atoms with Crippen molar-refractivity contribution in [1.29, 1.82) is 0 Å². The Morgan fingerprint density at radius 2 is 1.59 bits per heavy atom. The van der Waals surface area contributed by atoms with Gasteiger partial charge in [-0.2, -0.15) is 0 Å². The Kier molecular flexibility index (Phi) is 7.72. The number of anilines is 2. The number of nitrogens with zero attached hydrogens (tertiary/aromatic N) is 1. The molecule has 2 aromatic carbocycles. The number of carbonyl (C=O) groups is 1. The number of hydrogen-bond acceptors (Lipinski definition) is 6. The maximum atomic E-state index is 12.3. The van der Waals surface area contributed by atoms with E-state index in [1.54, 1.807) is 49.6 Å². The molecule has 0 radical (unpaired) electrons.